The number of aliphatic hydroxyl groups is 1. The Morgan fingerprint density at radius 1 is 1.35 bits per heavy atom. The molecular formula is C14H19F2NO3. The zero-order valence-corrected chi connectivity index (χ0v) is 11.7. The van der Waals surface area contributed by atoms with Crippen LogP contribution in [-0.4, -0.2) is 30.8 Å². The molecule has 0 saturated heterocycles. The molecule has 6 heteroatoms. The van der Waals surface area contributed by atoms with Gasteiger partial charge in [0.2, 0.25) is 0 Å². The van der Waals surface area contributed by atoms with Gasteiger partial charge in [0.25, 0.3) is 0 Å². The molecule has 0 spiro atoms. The summed E-state index contributed by atoms with van der Waals surface area (Å²) < 4.78 is 32.0. The zero-order valence-electron chi connectivity index (χ0n) is 11.7. The summed E-state index contributed by atoms with van der Waals surface area (Å²) in [6.07, 6.45) is 0.607. The Kier molecular flexibility index (Phi) is 5.88. The fourth-order valence-corrected chi connectivity index (χ4v) is 1.90. The average Bonchev–Trinajstić information content (AvgIpc) is 2.41. The van der Waals surface area contributed by atoms with Gasteiger partial charge in [-0.3, -0.25) is 0 Å². The molecule has 2 N–H and O–H groups in total. The Labute approximate surface area is 116 Å². The normalized spacial score (nSPS) is 12.3. The number of nitrogens with one attached hydrogen (secondary N) is 1. The van der Waals surface area contributed by atoms with Crippen LogP contribution in [-0.2, 0) is 4.74 Å². The Hall–Kier alpha value is -1.69. The van der Waals surface area contributed by atoms with Gasteiger partial charge in [-0.25, -0.2) is 13.6 Å². The molecule has 1 aromatic rings. The summed E-state index contributed by atoms with van der Waals surface area (Å²) in [4.78, 5) is 11.2. The third kappa shape index (κ3) is 3.90. The summed E-state index contributed by atoms with van der Waals surface area (Å²) in [5.41, 5.74) is -0.546. The van der Waals surface area contributed by atoms with Crippen molar-refractivity contribution in [2.45, 2.75) is 26.3 Å². The maximum atomic E-state index is 13.9. The van der Waals surface area contributed by atoms with Crippen LogP contribution in [0.2, 0.25) is 0 Å². The van der Waals surface area contributed by atoms with Crippen molar-refractivity contribution in [1.29, 1.82) is 0 Å². The van der Waals surface area contributed by atoms with Crippen LogP contribution < -0.4 is 5.32 Å². The van der Waals surface area contributed by atoms with Crippen LogP contribution in [0.3, 0.4) is 0 Å². The standard InChI is InChI=1S/C14H19F2NO3/c1-8(2)6-9(7-18)17-11-5-4-10(14(19)20-3)12(15)13(11)16/h4-5,8-9,17-18H,6-7H2,1-3H3. The maximum absolute atomic E-state index is 13.9. The van der Waals surface area contributed by atoms with E-state index < -0.39 is 23.2 Å². The maximum Gasteiger partial charge on any atom is 0.340 e. The first kappa shape index (κ1) is 16.4. The molecule has 1 aromatic carbocycles. The fourth-order valence-electron chi connectivity index (χ4n) is 1.90. The Bertz CT molecular complexity index is 478. The van der Waals surface area contributed by atoms with Gasteiger partial charge >= 0.3 is 5.97 Å². The molecular weight excluding hydrogens is 268 g/mol. The van der Waals surface area contributed by atoms with Gasteiger partial charge in [0.05, 0.1) is 25.0 Å². The highest BCUT2D eigenvalue weighted by molar-refractivity contribution is 5.90. The lowest BCUT2D eigenvalue weighted by Gasteiger charge is -2.20. The number of carbonyl (C=O) groups is 1. The van der Waals surface area contributed by atoms with Crippen molar-refractivity contribution in [3.8, 4) is 0 Å². The average molecular weight is 287 g/mol. The number of benzene rings is 1. The van der Waals surface area contributed by atoms with Gasteiger partial charge in [0, 0.05) is 6.04 Å². The summed E-state index contributed by atoms with van der Waals surface area (Å²) in [6.45, 7) is 3.72. The third-order valence-electron chi connectivity index (χ3n) is 2.82. The molecule has 0 amide bonds. The number of anilines is 1. The van der Waals surface area contributed by atoms with Crippen LogP contribution in [0.5, 0.6) is 0 Å². The van der Waals surface area contributed by atoms with Crippen LogP contribution in [0.1, 0.15) is 30.6 Å². The smallest absolute Gasteiger partial charge is 0.340 e. The van der Waals surface area contributed by atoms with Crippen molar-refractivity contribution < 1.29 is 23.4 Å². The lowest BCUT2D eigenvalue weighted by molar-refractivity contribution is 0.0594. The van der Waals surface area contributed by atoms with Crippen molar-refractivity contribution in [1.82, 2.24) is 0 Å². The number of hydrogen-bond acceptors (Lipinski definition) is 4. The number of methoxy groups -OCH3 is 1. The van der Waals surface area contributed by atoms with E-state index in [-0.39, 0.29) is 18.3 Å². The minimum absolute atomic E-state index is 0.0881. The predicted molar refractivity (Wildman–Crippen MR) is 71.6 cm³/mol. The number of carbonyl (C=O) groups excluding carboxylic acids is 1. The van der Waals surface area contributed by atoms with E-state index in [1.165, 1.54) is 6.07 Å². The van der Waals surface area contributed by atoms with E-state index in [9.17, 15) is 18.7 Å². The minimum atomic E-state index is -1.26. The first-order chi connectivity index (χ1) is 9.40. The second kappa shape index (κ2) is 7.19. The van der Waals surface area contributed by atoms with Gasteiger partial charge in [0.1, 0.15) is 0 Å². The summed E-state index contributed by atoms with van der Waals surface area (Å²) in [5, 5.41) is 12.0. The van der Waals surface area contributed by atoms with Gasteiger partial charge in [-0.2, -0.15) is 0 Å². The quantitative estimate of drug-likeness (QED) is 0.790. The van der Waals surface area contributed by atoms with Crippen molar-refractivity contribution in [2.75, 3.05) is 19.0 Å². The molecule has 20 heavy (non-hydrogen) atoms. The first-order valence-electron chi connectivity index (χ1n) is 6.34. The molecule has 0 aliphatic carbocycles. The third-order valence-corrected chi connectivity index (χ3v) is 2.82. The molecule has 1 rings (SSSR count). The molecule has 0 aliphatic rings. The van der Waals surface area contributed by atoms with Crippen molar-refractivity contribution in [3.05, 3.63) is 29.3 Å². The number of hydrogen-bond donors (Lipinski definition) is 2. The van der Waals surface area contributed by atoms with Crippen LogP contribution >= 0.6 is 0 Å². The Morgan fingerprint density at radius 3 is 2.50 bits per heavy atom. The summed E-state index contributed by atoms with van der Waals surface area (Å²) in [6, 6.07) is 2.03. The van der Waals surface area contributed by atoms with E-state index in [0.717, 1.165) is 13.2 Å². The molecule has 1 unspecified atom stereocenters. The summed E-state index contributed by atoms with van der Waals surface area (Å²) in [5.74, 6) is -3.06. The second-order valence-corrected chi connectivity index (χ2v) is 4.93. The van der Waals surface area contributed by atoms with E-state index in [0.29, 0.717) is 12.3 Å². The monoisotopic (exact) mass is 287 g/mol. The molecule has 1 atom stereocenters. The molecule has 0 aliphatic heterocycles. The van der Waals surface area contributed by atoms with E-state index in [4.69, 9.17) is 0 Å². The molecule has 4 nitrogen and oxygen atoms in total. The van der Waals surface area contributed by atoms with Crippen LogP contribution in [0.25, 0.3) is 0 Å². The SMILES string of the molecule is COC(=O)c1ccc(NC(CO)CC(C)C)c(F)c1F. The van der Waals surface area contributed by atoms with E-state index in [2.05, 4.69) is 10.1 Å². The number of aliphatic hydroxyl groups excluding tert-OH is 1. The van der Waals surface area contributed by atoms with Gasteiger partial charge in [-0.15, -0.1) is 0 Å². The minimum Gasteiger partial charge on any atom is -0.465 e. The van der Waals surface area contributed by atoms with Crippen LogP contribution in [0.15, 0.2) is 12.1 Å². The zero-order chi connectivity index (χ0) is 15.3. The molecule has 112 valence electrons. The molecule has 0 fully saturated rings. The highest BCUT2D eigenvalue weighted by atomic mass is 19.2. The van der Waals surface area contributed by atoms with Gasteiger partial charge in [-0.1, -0.05) is 13.8 Å². The molecule has 0 aromatic heterocycles. The van der Waals surface area contributed by atoms with E-state index in [1.807, 2.05) is 13.8 Å². The number of ether oxygens (including phenoxy) is 1. The second-order valence-electron chi connectivity index (χ2n) is 4.93. The van der Waals surface area contributed by atoms with Crippen LogP contribution in [0, 0.1) is 17.6 Å². The number of rotatable bonds is 6. The highest BCUT2D eigenvalue weighted by Crippen LogP contribution is 2.23. The van der Waals surface area contributed by atoms with Crippen LogP contribution in [0.4, 0.5) is 14.5 Å². The number of esters is 1. The molecule has 0 heterocycles. The highest BCUT2D eigenvalue weighted by Gasteiger charge is 2.20. The Balaban J connectivity index is 2.97. The van der Waals surface area contributed by atoms with Crippen molar-refractivity contribution >= 4 is 11.7 Å². The largest absolute Gasteiger partial charge is 0.465 e. The summed E-state index contributed by atoms with van der Waals surface area (Å²) >= 11 is 0. The predicted octanol–water partition coefficient (Wildman–Crippen LogP) is 2.57. The van der Waals surface area contributed by atoms with Gasteiger partial charge < -0.3 is 15.2 Å². The Morgan fingerprint density at radius 2 is 2.00 bits per heavy atom. The lowest BCUT2D eigenvalue weighted by atomic mass is 10.0. The fraction of sp³-hybridized carbons (Fsp3) is 0.500. The topological polar surface area (TPSA) is 58.6 Å². The molecule has 0 bridgehead atoms. The van der Waals surface area contributed by atoms with E-state index in [1.54, 1.807) is 0 Å². The molecule has 0 radical (unpaired) electrons. The van der Waals surface area contributed by atoms with Crippen molar-refractivity contribution in [2.24, 2.45) is 5.92 Å². The van der Waals surface area contributed by atoms with Crippen molar-refractivity contribution in [3.63, 3.8) is 0 Å². The number of halogens is 2. The first-order valence-corrected chi connectivity index (χ1v) is 6.34. The van der Waals surface area contributed by atoms with Gasteiger partial charge in [0.15, 0.2) is 11.6 Å². The summed E-state index contributed by atoms with van der Waals surface area (Å²) in [7, 11) is 1.09. The van der Waals surface area contributed by atoms with Gasteiger partial charge in [-0.05, 0) is 24.5 Å². The molecule has 0 saturated carbocycles. The van der Waals surface area contributed by atoms with E-state index >= 15 is 0 Å². The lowest BCUT2D eigenvalue weighted by Crippen LogP contribution is -2.26.